The molecule has 2 saturated carbocycles. The molecule has 1 aromatic rings. The summed E-state index contributed by atoms with van der Waals surface area (Å²) in [6, 6.07) is 8.05. The molecule has 4 aliphatic rings. The standard InChI is InChI=1S/C26H34N2O2/c1-16-11-17-12-18-14-26(13-16,15-21(17)18)24(30)28-10-9-20(23(29)27-25(2,3)4)19-7-5-6-8-22(19)28/h5-8,11,16,18,20-21H,9-10,12-15H2,1-4H3,(H,27,29). The van der Waals surface area contributed by atoms with Crippen molar-refractivity contribution in [3.63, 3.8) is 0 Å². The molecule has 5 rings (SSSR count). The van der Waals surface area contributed by atoms with Gasteiger partial charge in [-0.1, -0.05) is 36.8 Å². The molecule has 2 amide bonds. The van der Waals surface area contributed by atoms with E-state index in [1.807, 2.05) is 49.9 Å². The number of anilines is 1. The molecule has 3 aliphatic carbocycles. The summed E-state index contributed by atoms with van der Waals surface area (Å²) in [4.78, 5) is 29.1. The zero-order chi connectivity index (χ0) is 21.3. The van der Waals surface area contributed by atoms with Crippen LogP contribution in [0.15, 0.2) is 35.9 Å². The van der Waals surface area contributed by atoms with Gasteiger partial charge in [0.2, 0.25) is 11.8 Å². The minimum absolute atomic E-state index is 0.0658. The smallest absolute Gasteiger partial charge is 0.233 e. The maximum absolute atomic E-state index is 14.1. The van der Waals surface area contributed by atoms with E-state index in [2.05, 4.69) is 18.3 Å². The Morgan fingerprint density at radius 2 is 1.90 bits per heavy atom. The number of para-hydroxylation sites is 1. The highest BCUT2D eigenvalue weighted by Crippen LogP contribution is 2.63. The number of allylic oxidation sites excluding steroid dienone is 2. The Morgan fingerprint density at radius 3 is 2.67 bits per heavy atom. The average Bonchev–Trinajstić information content (AvgIpc) is 2.89. The Hall–Kier alpha value is -2.10. The minimum atomic E-state index is -0.262. The monoisotopic (exact) mass is 406 g/mol. The van der Waals surface area contributed by atoms with Crippen LogP contribution in [0.4, 0.5) is 5.69 Å². The van der Waals surface area contributed by atoms with Crippen molar-refractivity contribution in [2.75, 3.05) is 11.4 Å². The van der Waals surface area contributed by atoms with E-state index in [1.54, 1.807) is 5.57 Å². The van der Waals surface area contributed by atoms with E-state index in [9.17, 15) is 9.59 Å². The quantitative estimate of drug-likeness (QED) is 0.717. The highest BCUT2D eigenvalue weighted by Gasteiger charge is 2.58. The number of hydrogen-bond acceptors (Lipinski definition) is 2. The van der Waals surface area contributed by atoms with E-state index in [0.29, 0.717) is 36.6 Å². The molecular formula is C26H34N2O2. The molecule has 4 heteroatoms. The van der Waals surface area contributed by atoms with Crippen molar-refractivity contribution in [3.8, 4) is 0 Å². The van der Waals surface area contributed by atoms with Gasteiger partial charge in [0.15, 0.2) is 0 Å². The first kappa shape index (κ1) is 19.8. The van der Waals surface area contributed by atoms with Gasteiger partial charge in [0.1, 0.15) is 0 Å². The van der Waals surface area contributed by atoms with Gasteiger partial charge in [0, 0.05) is 17.8 Å². The maximum Gasteiger partial charge on any atom is 0.233 e. The van der Waals surface area contributed by atoms with E-state index in [4.69, 9.17) is 0 Å². The normalized spacial score (nSPS) is 34.4. The molecule has 2 bridgehead atoms. The lowest BCUT2D eigenvalue weighted by atomic mass is 9.69. The Morgan fingerprint density at radius 1 is 1.13 bits per heavy atom. The number of nitrogens with zero attached hydrogens (tertiary/aromatic N) is 1. The van der Waals surface area contributed by atoms with Crippen LogP contribution in [0.5, 0.6) is 0 Å². The third kappa shape index (κ3) is 3.11. The Bertz CT molecular complexity index is 927. The molecule has 1 heterocycles. The number of nitrogens with one attached hydrogen (secondary N) is 1. The zero-order valence-corrected chi connectivity index (χ0v) is 18.7. The van der Waals surface area contributed by atoms with Gasteiger partial charge in [-0.3, -0.25) is 9.59 Å². The van der Waals surface area contributed by atoms with Crippen LogP contribution in [0.3, 0.4) is 0 Å². The first-order chi connectivity index (χ1) is 14.2. The predicted molar refractivity (Wildman–Crippen MR) is 119 cm³/mol. The second-order valence-electron chi connectivity index (χ2n) is 11.3. The zero-order valence-electron chi connectivity index (χ0n) is 18.7. The van der Waals surface area contributed by atoms with Gasteiger partial charge in [0.25, 0.3) is 0 Å². The molecule has 1 N–H and O–H groups in total. The fraction of sp³-hybridized carbons (Fsp3) is 0.615. The number of carbonyl (C=O) groups excluding carboxylic acids is 2. The van der Waals surface area contributed by atoms with Crippen LogP contribution in [0, 0.1) is 23.2 Å². The van der Waals surface area contributed by atoms with Gasteiger partial charge in [-0.05, 0) is 82.3 Å². The van der Waals surface area contributed by atoms with Crippen LogP contribution in [0.1, 0.15) is 71.3 Å². The molecule has 160 valence electrons. The largest absolute Gasteiger partial charge is 0.351 e. The SMILES string of the molecule is CC1C=C2CC3CC(C(=O)N4CCC(C(=O)NC(C)(C)C)c5ccccc54)(C1)CC23. The van der Waals surface area contributed by atoms with Crippen molar-refractivity contribution in [2.24, 2.45) is 23.2 Å². The Balaban J connectivity index is 1.45. The Labute approximate surface area is 180 Å². The maximum atomic E-state index is 14.1. The first-order valence-corrected chi connectivity index (χ1v) is 11.6. The van der Waals surface area contributed by atoms with Crippen molar-refractivity contribution in [3.05, 3.63) is 41.5 Å². The third-order valence-corrected chi connectivity index (χ3v) is 7.78. The van der Waals surface area contributed by atoms with Crippen LogP contribution in [-0.2, 0) is 9.59 Å². The summed E-state index contributed by atoms with van der Waals surface area (Å²) in [5.41, 5.74) is 3.06. The van der Waals surface area contributed by atoms with Gasteiger partial charge < -0.3 is 10.2 Å². The number of fused-ring (bicyclic) bond motifs is 2. The van der Waals surface area contributed by atoms with Gasteiger partial charge in [-0.25, -0.2) is 0 Å². The molecule has 30 heavy (non-hydrogen) atoms. The van der Waals surface area contributed by atoms with E-state index in [1.165, 1.54) is 6.42 Å². The molecular weight excluding hydrogens is 372 g/mol. The minimum Gasteiger partial charge on any atom is -0.351 e. The molecule has 2 fully saturated rings. The van der Waals surface area contributed by atoms with Crippen LogP contribution in [0.25, 0.3) is 0 Å². The van der Waals surface area contributed by atoms with Gasteiger partial charge in [-0.15, -0.1) is 0 Å². The van der Waals surface area contributed by atoms with Crippen LogP contribution in [0.2, 0.25) is 0 Å². The van der Waals surface area contributed by atoms with Crippen LogP contribution < -0.4 is 10.2 Å². The summed E-state index contributed by atoms with van der Waals surface area (Å²) in [5.74, 6) is 2.00. The van der Waals surface area contributed by atoms with Crippen molar-refractivity contribution in [1.29, 1.82) is 0 Å². The van der Waals surface area contributed by atoms with Crippen molar-refractivity contribution in [1.82, 2.24) is 5.32 Å². The number of carbonyl (C=O) groups is 2. The summed E-state index contributed by atoms with van der Waals surface area (Å²) in [6.07, 6.45) is 7.38. The number of rotatable bonds is 2. The topological polar surface area (TPSA) is 49.4 Å². The molecule has 5 unspecified atom stereocenters. The third-order valence-electron chi connectivity index (χ3n) is 7.78. The molecule has 0 radical (unpaired) electrons. The number of hydrogen-bond donors (Lipinski definition) is 1. The molecule has 0 saturated heterocycles. The van der Waals surface area contributed by atoms with E-state index in [-0.39, 0.29) is 22.8 Å². The molecule has 5 atom stereocenters. The molecule has 1 aliphatic heterocycles. The highest BCUT2D eigenvalue weighted by molar-refractivity contribution is 6.01. The second kappa shape index (κ2) is 6.70. The van der Waals surface area contributed by atoms with Crippen molar-refractivity contribution in [2.45, 2.75) is 71.3 Å². The summed E-state index contributed by atoms with van der Waals surface area (Å²) >= 11 is 0. The van der Waals surface area contributed by atoms with Crippen LogP contribution >= 0.6 is 0 Å². The van der Waals surface area contributed by atoms with Gasteiger partial charge in [0.05, 0.1) is 11.3 Å². The fourth-order valence-electron chi connectivity index (χ4n) is 6.71. The molecule has 0 spiro atoms. The van der Waals surface area contributed by atoms with Crippen molar-refractivity contribution < 1.29 is 9.59 Å². The number of benzene rings is 1. The average molecular weight is 407 g/mol. The molecule has 1 aromatic carbocycles. The van der Waals surface area contributed by atoms with Crippen molar-refractivity contribution >= 4 is 17.5 Å². The summed E-state index contributed by atoms with van der Waals surface area (Å²) in [7, 11) is 0. The predicted octanol–water partition coefficient (Wildman–Crippen LogP) is 4.80. The summed E-state index contributed by atoms with van der Waals surface area (Å²) in [6.45, 7) is 8.94. The lowest BCUT2D eigenvalue weighted by Crippen LogP contribution is -2.49. The van der Waals surface area contributed by atoms with Gasteiger partial charge >= 0.3 is 0 Å². The lowest BCUT2D eigenvalue weighted by Gasteiger charge is -2.41. The Kier molecular flexibility index (Phi) is 4.43. The van der Waals surface area contributed by atoms with E-state index >= 15 is 0 Å². The highest BCUT2D eigenvalue weighted by atomic mass is 16.2. The van der Waals surface area contributed by atoms with Crippen LogP contribution in [-0.4, -0.2) is 23.9 Å². The van der Waals surface area contributed by atoms with E-state index < -0.39 is 0 Å². The summed E-state index contributed by atoms with van der Waals surface area (Å²) < 4.78 is 0. The number of amides is 2. The fourth-order valence-corrected chi connectivity index (χ4v) is 6.71. The lowest BCUT2D eigenvalue weighted by molar-refractivity contribution is -0.130. The van der Waals surface area contributed by atoms with E-state index in [0.717, 1.165) is 30.5 Å². The summed E-state index contributed by atoms with van der Waals surface area (Å²) in [5, 5.41) is 3.14. The second-order valence-corrected chi connectivity index (χ2v) is 11.3. The molecule has 4 nitrogen and oxygen atoms in total. The van der Waals surface area contributed by atoms with Gasteiger partial charge in [-0.2, -0.15) is 0 Å². The first-order valence-electron chi connectivity index (χ1n) is 11.6. The molecule has 0 aromatic heterocycles.